The zero-order valence-electron chi connectivity index (χ0n) is 15.5. The summed E-state index contributed by atoms with van der Waals surface area (Å²) < 4.78 is 46.6. The molecule has 1 amide bonds. The van der Waals surface area contributed by atoms with Gasteiger partial charge in [0.2, 0.25) is 11.7 Å². The van der Waals surface area contributed by atoms with Gasteiger partial charge in [0.15, 0.2) is 0 Å². The van der Waals surface area contributed by atoms with Crippen molar-refractivity contribution in [1.29, 1.82) is 0 Å². The first-order chi connectivity index (χ1) is 13.4. The molecule has 0 spiro atoms. The molecule has 3 heterocycles. The molecule has 0 radical (unpaired) electrons. The Bertz CT molecular complexity index is 837. The van der Waals surface area contributed by atoms with E-state index in [1.54, 1.807) is 23.1 Å². The van der Waals surface area contributed by atoms with E-state index in [1.165, 1.54) is 6.07 Å². The predicted molar refractivity (Wildman–Crippen MR) is 96.7 cm³/mol. The van der Waals surface area contributed by atoms with E-state index in [-0.39, 0.29) is 18.0 Å². The molecule has 2 aromatic rings. The monoisotopic (exact) mass is 396 g/mol. The van der Waals surface area contributed by atoms with Crippen molar-refractivity contribution in [2.75, 3.05) is 45.9 Å². The molecule has 28 heavy (non-hydrogen) atoms. The van der Waals surface area contributed by atoms with E-state index < -0.39 is 12.0 Å². The van der Waals surface area contributed by atoms with Gasteiger partial charge in [-0.1, -0.05) is 12.1 Å². The molecular weight excluding hydrogens is 373 g/mol. The van der Waals surface area contributed by atoms with E-state index in [9.17, 15) is 18.0 Å². The number of benzene rings is 1. The molecule has 2 saturated heterocycles. The number of hydrogen-bond donors (Lipinski definition) is 0. The normalized spacial score (nSPS) is 21.5. The van der Waals surface area contributed by atoms with E-state index >= 15 is 0 Å². The second-order valence-electron chi connectivity index (χ2n) is 7.42. The van der Waals surface area contributed by atoms with Crippen LogP contribution in [0.1, 0.15) is 12.2 Å². The van der Waals surface area contributed by atoms with Crippen LogP contribution in [0.4, 0.5) is 13.2 Å². The molecule has 0 bridgehead atoms. The molecule has 1 aromatic heterocycles. The second-order valence-corrected chi connectivity index (χ2v) is 7.42. The van der Waals surface area contributed by atoms with E-state index in [4.69, 9.17) is 4.74 Å². The minimum atomic E-state index is -4.61. The van der Waals surface area contributed by atoms with Crippen molar-refractivity contribution in [1.82, 2.24) is 19.4 Å². The first-order valence-electron chi connectivity index (χ1n) is 9.52. The Morgan fingerprint density at radius 2 is 1.93 bits per heavy atom. The van der Waals surface area contributed by atoms with Gasteiger partial charge in [-0.3, -0.25) is 9.69 Å². The van der Waals surface area contributed by atoms with Gasteiger partial charge in [0.05, 0.1) is 17.6 Å². The smallest absolute Gasteiger partial charge is 0.381 e. The number of fused-ring (bicyclic) bond motifs is 1. The Balaban J connectivity index is 1.43. The van der Waals surface area contributed by atoms with Crippen LogP contribution >= 0.6 is 0 Å². The summed E-state index contributed by atoms with van der Waals surface area (Å²) in [6, 6.07) is 6.37. The average Bonchev–Trinajstić information content (AvgIpc) is 3.30. The van der Waals surface area contributed by atoms with Crippen molar-refractivity contribution >= 4 is 16.9 Å². The van der Waals surface area contributed by atoms with Crippen molar-refractivity contribution in [2.24, 2.45) is 5.92 Å². The van der Waals surface area contributed by atoms with Gasteiger partial charge < -0.3 is 14.2 Å². The summed E-state index contributed by atoms with van der Waals surface area (Å²) in [7, 11) is 0. The summed E-state index contributed by atoms with van der Waals surface area (Å²) in [5, 5.41) is 0. The molecule has 4 rings (SSSR count). The maximum absolute atomic E-state index is 13.4. The Kier molecular flexibility index (Phi) is 5.29. The highest BCUT2D eigenvalue weighted by atomic mass is 19.4. The van der Waals surface area contributed by atoms with Gasteiger partial charge in [-0.05, 0) is 24.5 Å². The molecule has 1 atom stereocenters. The highest BCUT2D eigenvalue weighted by Gasteiger charge is 2.38. The summed E-state index contributed by atoms with van der Waals surface area (Å²) in [6.07, 6.45) is -3.55. The molecule has 0 aliphatic carbocycles. The molecule has 1 aromatic carbocycles. The first kappa shape index (κ1) is 19.2. The number of carbonyl (C=O) groups is 1. The van der Waals surface area contributed by atoms with Gasteiger partial charge in [0, 0.05) is 39.3 Å². The third-order valence-corrected chi connectivity index (χ3v) is 5.47. The Morgan fingerprint density at radius 1 is 1.18 bits per heavy atom. The first-order valence-corrected chi connectivity index (χ1v) is 9.52. The number of halogens is 3. The highest BCUT2D eigenvalue weighted by Crippen LogP contribution is 2.31. The van der Waals surface area contributed by atoms with E-state index in [0.717, 1.165) is 43.8 Å². The average molecular weight is 396 g/mol. The lowest BCUT2D eigenvalue weighted by Crippen LogP contribution is -2.50. The van der Waals surface area contributed by atoms with E-state index in [2.05, 4.69) is 9.88 Å². The zero-order valence-corrected chi connectivity index (χ0v) is 15.5. The SMILES string of the molecule is O=C(Cn1c(C(F)(F)F)nc2ccccc21)N1CCN(CC2CCOC2)CC1. The summed E-state index contributed by atoms with van der Waals surface area (Å²) in [5.74, 6) is -0.798. The number of amides is 1. The number of aromatic nitrogens is 2. The molecule has 152 valence electrons. The van der Waals surface area contributed by atoms with Crippen LogP contribution in [0.2, 0.25) is 0 Å². The zero-order chi connectivity index (χ0) is 19.7. The Morgan fingerprint density at radius 3 is 2.61 bits per heavy atom. The van der Waals surface area contributed by atoms with Crippen LogP contribution in [0.3, 0.4) is 0 Å². The molecule has 2 aliphatic rings. The van der Waals surface area contributed by atoms with Crippen molar-refractivity contribution in [3.05, 3.63) is 30.1 Å². The number of rotatable bonds is 4. The van der Waals surface area contributed by atoms with E-state index in [0.29, 0.717) is 24.5 Å². The third kappa shape index (κ3) is 4.00. The van der Waals surface area contributed by atoms with Gasteiger partial charge in [0.1, 0.15) is 6.54 Å². The molecule has 9 heteroatoms. The van der Waals surface area contributed by atoms with Crippen molar-refractivity contribution in [3.63, 3.8) is 0 Å². The van der Waals surface area contributed by atoms with Crippen LogP contribution in [0.5, 0.6) is 0 Å². The molecule has 2 aliphatic heterocycles. The number of imidazole rings is 1. The molecule has 6 nitrogen and oxygen atoms in total. The fraction of sp³-hybridized carbons (Fsp3) is 0.579. The fourth-order valence-electron chi connectivity index (χ4n) is 3.96. The predicted octanol–water partition coefficient (Wildman–Crippen LogP) is 2.24. The minimum Gasteiger partial charge on any atom is -0.381 e. The van der Waals surface area contributed by atoms with Gasteiger partial charge >= 0.3 is 6.18 Å². The number of piperazine rings is 1. The van der Waals surface area contributed by atoms with Crippen LogP contribution in [0, 0.1) is 5.92 Å². The maximum atomic E-state index is 13.4. The minimum absolute atomic E-state index is 0.242. The molecule has 0 saturated carbocycles. The topological polar surface area (TPSA) is 50.6 Å². The lowest BCUT2D eigenvalue weighted by molar-refractivity contribution is -0.148. The summed E-state index contributed by atoms with van der Waals surface area (Å²) >= 11 is 0. The lowest BCUT2D eigenvalue weighted by atomic mass is 10.1. The number of nitrogens with zero attached hydrogens (tertiary/aromatic N) is 4. The van der Waals surface area contributed by atoms with Gasteiger partial charge in [0.25, 0.3) is 0 Å². The van der Waals surface area contributed by atoms with Crippen LogP contribution in [0.25, 0.3) is 11.0 Å². The van der Waals surface area contributed by atoms with Crippen molar-refractivity contribution < 1.29 is 22.7 Å². The lowest BCUT2D eigenvalue weighted by Gasteiger charge is -2.36. The Hall–Kier alpha value is -2.13. The largest absolute Gasteiger partial charge is 0.449 e. The van der Waals surface area contributed by atoms with Crippen LogP contribution in [-0.4, -0.2) is 71.2 Å². The summed E-state index contributed by atoms with van der Waals surface area (Å²) in [5.41, 5.74) is 0.564. The second kappa shape index (κ2) is 7.71. The number of alkyl halides is 3. The van der Waals surface area contributed by atoms with Crippen LogP contribution < -0.4 is 0 Å². The standard InChI is InChI=1S/C19H23F3N4O2/c20-19(21,22)18-23-15-3-1-2-4-16(15)26(18)12-17(27)25-8-6-24(7-9-25)11-14-5-10-28-13-14/h1-4,14H,5-13H2. The van der Waals surface area contributed by atoms with Crippen molar-refractivity contribution in [3.8, 4) is 0 Å². The highest BCUT2D eigenvalue weighted by molar-refractivity contribution is 5.81. The van der Waals surface area contributed by atoms with Crippen molar-refractivity contribution in [2.45, 2.75) is 19.1 Å². The number of para-hydroxylation sites is 2. The maximum Gasteiger partial charge on any atom is 0.449 e. The molecule has 1 unspecified atom stereocenters. The van der Waals surface area contributed by atoms with Crippen LogP contribution in [-0.2, 0) is 22.3 Å². The third-order valence-electron chi connectivity index (χ3n) is 5.47. The molecular formula is C19H23F3N4O2. The number of carbonyl (C=O) groups excluding carboxylic acids is 1. The summed E-state index contributed by atoms with van der Waals surface area (Å²) in [6.45, 7) is 4.72. The summed E-state index contributed by atoms with van der Waals surface area (Å²) in [4.78, 5) is 20.4. The number of hydrogen-bond acceptors (Lipinski definition) is 4. The van der Waals surface area contributed by atoms with Crippen LogP contribution in [0.15, 0.2) is 24.3 Å². The quantitative estimate of drug-likeness (QED) is 0.796. The van der Waals surface area contributed by atoms with E-state index in [1.807, 2.05) is 0 Å². The number of ether oxygens (including phenoxy) is 1. The van der Waals surface area contributed by atoms with Gasteiger partial charge in [-0.25, -0.2) is 4.98 Å². The van der Waals surface area contributed by atoms with Gasteiger partial charge in [-0.15, -0.1) is 0 Å². The Labute approximate surface area is 160 Å². The van der Waals surface area contributed by atoms with Gasteiger partial charge in [-0.2, -0.15) is 13.2 Å². The fourth-order valence-corrected chi connectivity index (χ4v) is 3.96. The molecule has 2 fully saturated rings. The molecule has 0 N–H and O–H groups in total.